The number of carbonyl (C=O) groups is 2. The Labute approximate surface area is 178 Å². The van der Waals surface area contributed by atoms with E-state index in [1.54, 1.807) is 53.4 Å². The van der Waals surface area contributed by atoms with Gasteiger partial charge < -0.3 is 4.90 Å². The van der Waals surface area contributed by atoms with Gasteiger partial charge in [0.25, 0.3) is 11.8 Å². The number of aromatic nitrogens is 1. The number of anilines is 1. The van der Waals surface area contributed by atoms with Crippen molar-refractivity contribution in [1.82, 2.24) is 15.8 Å². The molecule has 0 bridgehead atoms. The molecule has 2 N–H and O–H groups in total. The van der Waals surface area contributed by atoms with Gasteiger partial charge in [0.05, 0.1) is 0 Å². The van der Waals surface area contributed by atoms with Crippen LogP contribution in [0.5, 0.6) is 0 Å². The summed E-state index contributed by atoms with van der Waals surface area (Å²) in [4.78, 5) is 30.9. The predicted molar refractivity (Wildman–Crippen MR) is 119 cm³/mol. The van der Waals surface area contributed by atoms with Crippen LogP contribution >= 0.6 is 23.1 Å². The van der Waals surface area contributed by atoms with Crippen molar-refractivity contribution >= 4 is 40.6 Å². The second-order valence-corrected chi connectivity index (χ2v) is 8.67. The van der Waals surface area contributed by atoms with Gasteiger partial charge in [-0.05, 0) is 42.8 Å². The van der Waals surface area contributed by atoms with E-state index in [1.165, 1.54) is 0 Å². The van der Waals surface area contributed by atoms with Crippen molar-refractivity contribution in [2.45, 2.75) is 17.0 Å². The van der Waals surface area contributed by atoms with Crippen molar-refractivity contribution < 1.29 is 9.59 Å². The minimum absolute atomic E-state index is 0.364. The highest BCUT2D eigenvalue weighted by Crippen LogP contribution is 2.26. The zero-order chi connectivity index (χ0) is 20.8. The number of hydrogen-bond acceptors (Lipinski definition) is 6. The first-order valence-electron chi connectivity index (χ1n) is 8.94. The van der Waals surface area contributed by atoms with Gasteiger partial charge in [-0.15, -0.1) is 11.3 Å². The molecule has 0 atom stereocenters. The van der Waals surface area contributed by atoms with E-state index in [2.05, 4.69) is 15.8 Å². The maximum absolute atomic E-state index is 12.3. The van der Waals surface area contributed by atoms with Crippen LogP contribution in [0.25, 0.3) is 0 Å². The molecular formula is C21H22N4O2S2. The van der Waals surface area contributed by atoms with Gasteiger partial charge in [0.2, 0.25) is 0 Å². The first kappa shape index (κ1) is 20.9. The fraction of sp³-hybridized carbons (Fsp3) is 0.190. The predicted octanol–water partition coefficient (Wildman–Crippen LogP) is 3.88. The van der Waals surface area contributed by atoms with Crippen LogP contribution in [0.15, 0.2) is 58.3 Å². The molecule has 1 aromatic heterocycles. The summed E-state index contributed by atoms with van der Waals surface area (Å²) in [6.07, 6.45) is 0. The molecule has 0 unspecified atom stereocenters. The van der Waals surface area contributed by atoms with Crippen molar-refractivity contribution in [3.63, 3.8) is 0 Å². The normalized spacial score (nSPS) is 10.4. The quantitative estimate of drug-likeness (QED) is 0.462. The van der Waals surface area contributed by atoms with Gasteiger partial charge in [-0.25, -0.2) is 4.98 Å². The van der Waals surface area contributed by atoms with E-state index in [9.17, 15) is 9.59 Å². The second-order valence-electron chi connectivity index (χ2n) is 6.59. The van der Waals surface area contributed by atoms with Gasteiger partial charge in [0, 0.05) is 47.7 Å². The third kappa shape index (κ3) is 5.82. The van der Waals surface area contributed by atoms with Gasteiger partial charge in [-0.1, -0.05) is 30.0 Å². The SMILES string of the molecule is Cc1csc(SCc2ccc(C(=O)NNC(=O)c3cccc(N(C)C)c3)cc2)n1. The smallest absolute Gasteiger partial charge is 0.269 e. The van der Waals surface area contributed by atoms with Gasteiger partial charge >= 0.3 is 0 Å². The van der Waals surface area contributed by atoms with Crippen LogP contribution in [-0.4, -0.2) is 30.9 Å². The van der Waals surface area contributed by atoms with Crippen molar-refractivity contribution in [2.24, 2.45) is 0 Å². The molecule has 3 aromatic rings. The summed E-state index contributed by atoms with van der Waals surface area (Å²) in [6, 6.07) is 14.5. The molecule has 2 amide bonds. The zero-order valence-electron chi connectivity index (χ0n) is 16.4. The summed E-state index contributed by atoms with van der Waals surface area (Å²) >= 11 is 3.30. The lowest BCUT2D eigenvalue weighted by Crippen LogP contribution is -2.41. The van der Waals surface area contributed by atoms with Crippen LogP contribution in [-0.2, 0) is 5.75 Å². The molecule has 150 valence electrons. The molecule has 8 heteroatoms. The van der Waals surface area contributed by atoms with Gasteiger partial charge in [-0.3, -0.25) is 20.4 Å². The molecule has 0 aliphatic heterocycles. The lowest BCUT2D eigenvalue weighted by Gasteiger charge is -2.13. The summed E-state index contributed by atoms with van der Waals surface area (Å²) in [7, 11) is 3.80. The number of benzene rings is 2. The molecule has 29 heavy (non-hydrogen) atoms. The molecule has 1 heterocycles. The van der Waals surface area contributed by atoms with Crippen LogP contribution in [0.1, 0.15) is 32.0 Å². The van der Waals surface area contributed by atoms with E-state index in [-0.39, 0.29) is 11.8 Å². The lowest BCUT2D eigenvalue weighted by atomic mass is 10.1. The van der Waals surface area contributed by atoms with E-state index in [0.29, 0.717) is 11.1 Å². The molecular weight excluding hydrogens is 404 g/mol. The molecule has 3 rings (SSSR count). The highest BCUT2D eigenvalue weighted by Gasteiger charge is 2.10. The maximum Gasteiger partial charge on any atom is 0.269 e. The molecule has 0 aliphatic rings. The maximum atomic E-state index is 12.3. The van der Waals surface area contributed by atoms with E-state index in [1.807, 2.05) is 49.5 Å². The second kappa shape index (κ2) is 9.58. The molecule has 0 aliphatic carbocycles. The van der Waals surface area contributed by atoms with Crippen molar-refractivity contribution in [3.8, 4) is 0 Å². The van der Waals surface area contributed by atoms with E-state index < -0.39 is 0 Å². The monoisotopic (exact) mass is 426 g/mol. The Morgan fingerprint density at radius 2 is 1.72 bits per heavy atom. The topological polar surface area (TPSA) is 74.3 Å². The van der Waals surface area contributed by atoms with Crippen LogP contribution in [0.4, 0.5) is 5.69 Å². The lowest BCUT2D eigenvalue weighted by molar-refractivity contribution is 0.0846. The Hall–Kier alpha value is -2.84. The van der Waals surface area contributed by atoms with E-state index in [4.69, 9.17) is 0 Å². The average Bonchev–Trinajstić information content (AvgIpc) is 3.15. The highest BCUT2D eigenvalue weighted by molar-refractivity contribution is 8.00. The molecule has 0 fully saturated rings. The summed E-state index contributed by atoms with van der Waals surface area (Å²) in [6.45, 7) is 1.98. The fourth-order valence-corrected chi connectivity index (χ4v) is 4.28. The molecule has 6 nitrogen and oxygen atoms in total. The summed E-state index contributed by atoms with van der Waals surface area (Å²) in [5, 5.41) is 2.03. The number of rotatable bonds is 6. The van der Waals surface area contributed by atoms with Crippen LogP contribution in [0, 0.1) is 6.92 Å². The molecule has 0 radical (unpaired) electrons. The number of hydrazine groups is 1. The first-order valence-corrected chi connectivity index (χ1v) is 10.8. The fourth-order valence-electron chi connectivity index (χ4n) is 2.48. The van der Waals surface area contributed by atoms with E-state index in [0.717, 1.165) is 27.0 Å². The number of aryl methyl sites for hydroxylation is 1. The largest absolute Gasteiger partial charge is 0.378 e. The Morgan fingerprint density at radius 1 is 1.03 bits per heavy atom. The first-order chi connectivity index (χ1) is 13.9. The summed E-state index contributed by atoms with van der Waals surface area (Å²) in [5.41, 5.74) is 8.91. The van der Waals surface area contributed by atoms with Crippen LogP contribution in [0.2, 0.25) is 0 Å². The van der Waals surface area contributed by atoms with Crippen molar-refractivity contribution in [2.75, 3.05) is 19.0 Å². The Morgan fingerprint density at radius 3 is 2.34 bits per heavy atom. The minimum atomic E-state index is -0.367. The Balaban J connectivity index is 1.52. The van der Waals surface area contributed by atoms with Gasteiger partial charge in [0.1, 0.15) is 4.34 Å². The zero-order valence-corrected chi connectivity index (χ0v) is 18.1. The van der Waals surface area contributed by atoms with Gasteiger partial charge in [0.15, 0.2) is 0 Å². The molecule has 2 aromatic carbocycles. The number of thiazole rings is 1. The van der Waals surface area contributed by atoms with E-state index >= 15 is 0 Å². The number of hydrogen-bond donors (Lipinski definition) is 2. The number of amides is 2. The number of nitrogens with one attached hydrogen (secondary N) is 2. The van der Waals surface area contributed by atoms with Crippen LogP contribution in [0.3, 0.4) is 0 Å². The molecule has 0 saturated heterocycles. The average molecular weight is 427 g/mol. The number of carbonyl (C=O) groups excluding carboxylic acids is 2. The summed E-state index contributed by atoms with van der Waals surface area (Å²) < 4.78 is 1.03. The Bertz CT molecular complexity index is 1000. The summed E-state index contributed by atoms with van der Waals surface area (Å²) in [5.74, 6) is 0.0547. The van der Waals surface area contributed by atoms with Gasteiger partial charge in [-0.2, -0.15) is 0 Å². The third-order valence-electron chi connectivity index (χ3n) is 4.09. The standard InChI is InChI=1S/C21H22N4O2S2/c1-14-12-28-21(22-14)29-13-15-7-9-16(10-8-15)19(26)23-24-20(27)17-5-4-6-18(11-17)25(2)3/h4-12H,13H2,1-3H3,(H,23,26)(H,24,27). The van der Waals surface area contributed by atoms with Crippen molar-refractivity contribution in [1.29, 1.82) is 0 Å². The third-order valence-corrected chi connectivity index (χ3v) is 6.30. The number of nitrogens with zero attached hydrogens (tertiary/aromatic N) is 2. The van der Waals surface area contributed by atoms with Crippen LogP contribution < -0.4 is 15.8 Å². The minimum Gasteiger partial charge on any atom is -0.378 e. The molecule has 0 spiro atoms. The Kier molecular flexibility index (Phi) is 6.90. The number of thioether (sulfide) groups is 1. The van der Waals surface area contributed by atoms with Crippen molar-refractivity contribution in [3.05, 3.63) is 76.3 Å². The highest BCUT2D eigenvalue weighted by atomic mass is 32.2. The molecule has 0 saturated carbocycles.